The van der Waals surface area contributed by atoms with Crippen LogP contribution >= 0.6 is 0 Å². The second-order valence-corrected chi connectivity index (χ2v) is 4.14. The van der Waals surface area contributed by atoms with Crippen LogP contribution in [0.4, 0.5) is 0 Å². The summed E-state index contributed by atoms with van der Waals surface area (Å²) in [5.74, 6) is 0.156. The molecule has 82 valence electrons. The van der Waals surface area contributed by atoms with Crippen LogP contribution in [-0.4, -0.2) is 42.5 Å². The summed E-state index contributed by atoms with van der Waals surface area (Å²) in [6, 6.07) is 0. The first-order chi connectivity index (χ1) is 6.62. The van der Waals surface area contributed by atoms with Crippen LogP contribution in [-0.2, 0) is 4.79 Å². The van der Waals surface area contributed by atoms with Crippen LogP contribution in [0.25, 0.3) is 0 Å². The first kappa shape index (κ1) is 11.5. The highest BCUT2D eigenvalue weighted by Crippen LogP contribution is 2.18. The Kier molecular flexibility index (Phi) is 3.89. The lowest BCUT2D eigenvalue weighted by atomic mass is 9.96. The summed E-state index contributed by atoms with van der Waals surface area (Å²) in [6.07, 6.45) is 1.62. The van der Waals surface area contributed by atoms with Gasteiger partial charge in [-0.25, -0.2) is 0 Å². The van der Waals surface area contributed by atoms with E-state index in [4.69, 9.17) is 5.73 Å². The Hall–Kier alpha value is -0.610. The van der Waals surface area contributed by atoms with Gasteiger partial charge in [-0.15, -0.1) is 0 Å². The van der Waals surface area contributed by atoms with Crippen LogP contribution in [0.2, 0.25) is 0 Å². The molecule has 0 spiro atoms. The zero-order valence-corrected chi connectivity index (χ0v) is 9.18. The van der Waals surface area contributed by atoms with E-state index < -0.39 is 0 Å². The summed E-state index contributed by atoms with van der Waals surface area (Å²) >= 11 is 0. The zero-order chi connectivity index (χ0) is 10.6. The fraction of sp³-hybridized carbons (Fsp3) is 0.900. The molecular weight excluding hydrogens is 178 g/mol. The molecule has 1 amide bonds. The third kappa shape index (κ3) is 2.45. The Labute approximate surface area is 85.8 Å². The summed E-state index contributed by atoms with van der Waals surface area (Å²) in [6.45, 7) is 7.45. The SMILES string of the molecule is CCC(C)(CN)N1CCNC(=O)CC1. The van der Waals surface area contributed by atoms with Gasteiger partial charge in [0.05, 0.1) is 0 Å². The van der Waals surface area contributed by atoms with Gasteiger partial charge in [-0.3, -0.25) is 9.69 Å². The van der Waals surface area contributed by atoms with Crippen LogP contribution in [0.3, 0.4) is 0 Å². The van der Waals surface area contributed by atoms with E-state index in [2.05, 4.69) is 24.1 Å². The van der Waals surface area contributed by atoms with Crippen LogP contribution < -0.4 is 11.1 Å². The van der Waals surface area contributed by atoms with Crippen molar-refractivity contribution < 1.29 is 4.79 Å². The highest BCUT2D eigenvalue weighted by molar-refractivity contribution is 5.76. The van der Waals surface area contributed by atoms with Gasteiger partial charge in [0.2, 0.25) is 5.91 Å². The van der Waals surface area contributed by atoms with Crippen molar-refractivity contribution in [2.75, 3.05) is 26.2 Å². The van der Waals surface area contributed by atoms with Gasteiger partial charge in [0, 0.05) is 38.1 Å². The molecule has 1 fully saturated rings. The maximum absolute atomic E-state index is 11.2. The van der Waals surface area contributed by atoms with Gasteiger partial charge in [0.15, 0.2) is 0 Å². The number of nitrogens with two attached hydrogens (primary N) is 1. The molecule has 14 heavy (non-hydrogen) atoms. The summed E-state index contributed by atoms with van der Waals surface area (Å²) in [7, 11) is 0. The van der Waals surface area contributed by atoms with E-state index in [0.29, 0.717) is 13.0 Å². The Morgan fingerprint density at radius 1 is 1.57 bits per heavy atom. The average Bonchev–Trinajstić information content (AvgIpc) is 2.42. The second-order valence-electron chi connectivity index (χ2n) is 4.14. The minimum atomic E-state index is 0.0479. The van der Waals surface area contributed by atoms with E-state index in [1.807, 2.05) is 0 Å². The van der Waals surface area contributed by atoms with Gasteiger partial charge in [-0.05, 0) is 13.3 Å². The Morgan fingerprint density at radius 2 is 2.29 bits per heavy atom. The van der Waals surface area contributed by atoms with Crippen molar-refractivity contribution in [2.45, 2.75) is 32.2 Å². The number of carbonyl (C=O) groups is 1. The second kappa shape index (κ2) is 4.75. The van der Waals surface area contributed by atoms with E-state index in [1.54, 1.807) is 0 Å². The standard InChI is InChI=1S/C10H21N3O/c1-3-10(2,8-11)13-6-4-9(14)12-5-7-13/h3-8,11H2,1-2H3,(H,12,14). The predicted molar refractivity (Wildman–Crippen MR) is 57.0 cm³/mol. The quantitative estimate of drug-likeness (QED) is 0.669. The fourth-order valence-corrected chi connectivity index (χ4v) is 1.80. The monoisotopic (exact) mass is 199 g/mol. The van der Waals surface area contributed by atoms with E-state index in [-0.39, 0.29) is 11.4 Å². The third-order valence-electron chi connectivity index (χ3n) is 3.28. The number of carbonyl (C=O) groups excluding carboxylic acids is 1. The fourth-order valence-electron chi connectivity index (χ4n) is 1.80. The molecule has 1 atom stereocenters. The van der Waals surface area contributed by atoms with Gasteiger partial charge >= 0.3 is 0 Å². The minimum Gasteiger partial charge on any atom is -0.355 e. The van der Waals surface area contributed by atoms with E-state index in [0.717, 1.165) is 26.1 Å². The highest BCUT2D eigenvalue weighted by Gasteiger charge is 2.29. The molecule has 0 aromatic carbocycles. The van der Waals surface area contributed by atoms with E-state index in [9.17, 15) is 4.79 Å². The van der Waals surface area contributed by atoms with Gasteiger partial charge in [-0.1, -0.05) is 6.92 Å². The van der Waals surface area contributed by atoms with Gasteiger partial charge in [0.25, 0.3) is 0 Å². The summed E-state index contributed by atoms with van der Waals surface area (Å²) in [5.41, 5.74) is 5.83. The lowest BCUT2D eigenvalue weighted by molar-refractivity contribution is -0.120. The van der Waals surface area contributed by atoms with Crippen molar-refractivity contribution >= 4 is 5.91 Å². The number of nitrogens with zero attached hydrogens (tertiary/aromatic N) is 1. The molecule has 0 aromatic rings. The lowest BCUT2D eigenvalue weighted by Gasteiger charge is -2.39. The van der Waals surface area contributed by atoms with Gasteiger partial charge in [0.1, 0.15) is 0 Å². The van der Waals surface area contributed by atoms with E-state index >= 15 is 0 Å². The first-order valence-corrected chi connectivity index (χ1v) is 5.34. The van der Waals surface area contributed by atoms with Crippen LogP contribution in [0.15, 0.2) is 0 Å². The number of hydrogen-bond donors (Lipinski definition) is 2. The molecule has 1 aliphatic rings. The zero-order valence-electron chi connectivity index (χ0n) is 9.18. The molecule has 0 radical (unpaired) electrons. The topological polar surface area (TPSA) is 58.4 Å². The maximum atomic E-state index is 11.2. The predicted octanol–water partition coefficient (Wildman–Crippen LogP) is -0.0643. The molecule has 0 aromatic heterocycles. The average molecular weight is 199 g/mol. The van der Waals surface area contributed by atoms with Crippen molar-refractivity contribution in [3.8, 4) is 0 Å². The van der Waals surface area contributed by atoms with Gasteiger partial charge < -0.3 is 11.1 Å². The molecule has 4 nitrogen and oxygen atoms in total. The van der Waals surface area contributed by atoms with Crippen LogP contribution in [0.5, 0.6) is 0 Å². The van der Waals surface area contributed by atoms with Crippen molar-refractivity contribution in [1.29, 1.82) is 0 Å². The number of amides is 1. The molecule has 1 aliphatic heterocycles. The Bertz CT molecular complexity index is 202. The molecule has 1 saturated heterocycles. The molecule has 0 aliphatic carbocycles. The van der Waals surface area contributed by atoms with Crippen molar-refractivity contribution in [1.82, 2.24) is 10.2 Å². The largest absolute Gasteiger partial charge is 0.355 e. The maximum Gasteiger partial charge on any atom is 0.221 e. The number of rotatable bonds is 3. The summed E-state index contributed by atoms with van der Waals surface area (Å²) < 4.78 is 0. The van der Waals surface area contributed by atoms with Crippen molar-refractivity contribution in [3.63, 3.8) is 0 Å². The Morgan fingerprint density at radius 3 is 2.86 bits per heavy atom. The molecule has 0 bridgehead atoms. The molecule has 1 heterocycles. The molecule has 0 saturated carbocycles. The smallest absolute Gasteiger partial charge is 0.221 e. The van der Waals surface area contributed by atoms with E-state index in [1.165, 1.54) is 0 Å². The normalized spacial score (nSPS) is 23.8. The van der Waals surface area contributed by atoms with Crippen LogP contribution in [0.1, 0.15) is 26.7 Å². The molecule has 1 unspecified atom stereocenters. The van der Waals surface area contributed by atoms with Gasteiger partial charge in [-0.2, -0.15) is 0 Å². The molecule has 4 heteroatoms. The van der Waals surface area contributed by atoms with Crippen LogP contribution in [0, 0.1) is 0 Å². The van der Waals surface area contributed by atoms with Crippen molar-refractivity contribution in [3.05, 3.63) is 0 Å². The van der Waals surface area contributed by atoms with Crippen molar-refractivity contribution in [2.24, 2.45) is 5.73 Å². The minimum absolute atomic E-state index is 0.0479. The number of hydrogen-bond acceptors (Lipinski definition) is 3. The number of nitrogens with one attached hydrogen (secondary N) is 1. The molecular formula is C10H21N3O. The third-order valence-corrected chi connectivity index (χ3v) is 3.28. The summed E-state index contributed by atoms with van der Waals surface area (Å²) in [5, 5.41) is 2.87. The molecule has 1 rings (SSSR count). The first-order valence-electron chi connectivity index (χ1n) is 5.34. The Balaban J connectivity index is 2.62. The molecule has 3 N–H and O–H groups in total. The summed E-state index contributed by atoms with van der Waals surface area (Å²) in [4.78, 5) is 13.5. The highest BCUT2D eigenvalue weighted by atomic mass is 16.1. The lowest BCUT2D eigenvalue weighted by Crippen LogP contribution is -2.52.